The van der Waals surface area contributed by atoms with Crippen molar-refractivity contribution in [3.63, 3.8) is 0 Å². The molecule has 1 aromatic carbocycles. The topological polar surface area (TPSA) is 56.8 Å². The van der Waals surface area contributed by atoms with Gasteiger partial charge < -0.3 is 19.5 Å². The van der Waals surface area contributed by atoms with E-state index in [2.05, 4.69) is 5.32 Å². The zero-order valence-corrected chi connectivity index (χ0v) is 12.6. The van der Waals surface area contributed by atoms with Crippen molar-refractivity contribution in [3.8, 4) is 5.75 Å². The van der Waals surface area contributed by atoms with Crippen LogP contribution < -0.4 is 10.1 Å². The Kier molecular flexibility index (Phi) is 6.31. The second-order valence-electron chi connectivity index (χ2n) is 5.36. The van der Waals surface area contributed by atoms with Crippen molar-refractivity contribution >= 4 is 6.09 Å². The summed E-state index contributed by atoms with van der Waals surface area (Å²) >= 11 is 0. The summed E-state index contributed by atoms with van der Waals surface area (Å²) in [4.78, 5) is 11.4. The van der Waals surface area contributed by atoms with Crippen LogP contribution in [0, 0.1) is 0 Å². The minimum Gasteiger partial charge on any atom is -0.492 e. The number of methoxy groups -OCH3 is 1. The van der Waals surface area contributed by atoms with Crippen LogP contribution in [-0.4, -0.2) is 32.0 Å². The van der Waals surface area contributed by atoms with Crippen LogP contribution in [0.25, 0.3) is 0 Å². The van der Waals surface area contributed by atoms with Gasteiger partial charge in [-0.05, 0) is 38.5 Å². The van der Waals surface area contributed by atoms with Crippen molar-refractivity contribution in [3.05, 3.63) is 29.8 Å². The zero-order valence-electron chi connectivity index (χ0n) is 12.6. The first kappa shape index (κ1) is 16.3. The lowest BCUT2D eigenvalue weighted by Gasteiger charge is -2.19. The fourth-order valence-electron chi connectivity index (χ4n) is 1.53. The molecule has 0 aliphatic carbocycles. The van der Waals surface area contributed by atoms with E-state index < -0.39 is 11.7 Å². The molecular weight excluding hydrogens is 258 g/mol. The first-order valence-electron chi connectivity index (χ1n) is 6.58. The van der Waals surface area contributed by atoms with E-state index in [0.29, 0.717) is 19.8 Å². The average Bonchev–Trinajstić information content (AvgIpc) is 2.33. The Morgan fingerprint density at radius 2 is 2.05 bits per heavy atom. The molecule has 0 aromatic heterocycles. The number of rotatable bonds is 6. The molecule has 5 heteroatoms. The third-order valence-electron chi connectivity index (χ3n) is 2.25. The molecule has 0 atom stereocenters. The van der Waals surface area contributed by atoms with Gasteiger partial charge >= 0.3 is 6.09 Å². The largest absolute Gasteiger partial charge is 0.492 e. The summed E-state index contributed by atoms with van der Waals surface area (Å²) in [5, 5.41) is 2.64. The Bertz CT molecular complexity index is 426. The quantitative estimate of drug-likeness (QED) is 0.815. The van der Waals surface area contributed by atoms with Crippen molar-refractivity contribution in [1.29, 1.82) is 0 Å². The summed E-state index contributed by atoms with van der Waals surface area (Å²) in [6.45, 7) is 6.80. The van der Waals surface area contributed by atoms with Crippen LogP contribution in [0.3, 0.4) is 0 Å². The van der Waals surface area contributed by atoms with Crippen molar-refractivity contribution in [2.24, 2.45) is 0 Å². The predicted octanol–water partition coefficient (Wildman–Crippen LogP) is 2.74. The molecule has 112 valence electrons. The maximum atomic E-state index is 11.4. The molecule has 5 nitrogen and oxygen atoms in total. The van der Waals surface area contributed by atoms with Crippen LogP contribution in [0.1, 0.15) is 26.3 Å². The summed E-state index contributed by atoms with van der Waals surface area (Å²) in [5.74, 6) is 0.755. The number of benzene rings is 1. The molecule has 0 aliphatic rings. The standard InChI is InChI=1S/C15H23NO4/c1-15(2,3)20-14(17)16-8-9-19-13-7-5-6-12(10-13)11-18-4/h5-7,10H,8-9,11H2,1-4H3,(H,16,17). The maximum Gasteiger partial charge on any atom is 0.407 e. The van der Waals surface area contributed by atoms with Crippen molar-refractivity contribution in [2.45, 2.75) is 33.0 Å². The maximum absolute atomic E-state index is 11.4. The first-order chi connectivity index (χ1) is 9.40. The summed E-state index contributed by atoms with van der Waals surface area (Å²) in [6, 6.07) is 7.66. The lowest BCUT2D eigenvalue weighted by atomic mass is 10.2. The van der Waals surface area contributed by atoms with Crippen LogP contribution in [-0.2, 0) is 16.1 Å². The minimum absolute atomic E-state index is 0.385. The molecule has 0 saturated carbocycles. The van der Waals surface area contributed by atoms with Gasteiger partial charge in [0.15, 0.2) is 0 Å². The highest BCUT2D eigenvalue weighted by Crippen LogP contribution is 2.13. The number of hydrogen-bond acceptors (Lipinski definition) is 4. The third-order valence-corrected chi connectivity index (χ3v) is 2.25. The van der Waals surface area contributed by atoms with Crippen LogP contribution in [0.4, 0.5) is 4.79 Å². The van der Waals surface area contributed by atoms with Gasteiger partial charge in [0.25, 0.3) is 0 Å². The van der Waals surface area contributed by atoms with E-state index in [4.69, 9.17) is 14.2 Å². The highest BCUT2D eigenvalue weighted by molar-refractivity contribution is 5.67. The lowest BCUT2D eigenvalue weighted by Crippen LogP contribution is -2.34. The predicted molar refractivity (Wildman–Crippen MR) is 76.9 cm³/mol. The second kappa shape index (κ2) is 7.75. The third kappa shape index (κ3) is 6.99. The number of carbonyl (C=O) groups is 1. The Labute approximate surface area is 120 Å². The highest BCUT2D eigenvalue weighted by Gasteiger charge is 2.15. The molecule has 20 heavy (non-hydrogen) atoms. The van der Waals surface area contributed by atoms with E-state index in [0.717, 1.165) is 11.3 Å². The summed E-state index contributed by atoms with van der Waals surface area (Å²) < 4.78 is 15.7. The number of ether oxygens (including phenoxy) is 3. The molecule has 1 rings (SSSR count). The lowest BCUT2D eigenvalue weighted by molar-refractivity contribution is 0.0520. The number of nitrogens with one attached hydrogen (secondary N) is 1. The van der Waals surface area contributed by atoms with Gasteiger partial charge in [-0.1, -0.05) is 12.1 Å². The number of hydrogen-bond donors (Lipinski definition) is 1. The van der Waals surface area contributed by atoms with E-state index in [1.165, 1.54) is 0 Å². The van der Waals surface area contributed by atoms with Gasteiger partial charge in [0.05, 0.1) is 13.2 Å². The average molecular weight is 281 g/mol. The molecular formula is C15H23NO4. The smallest absolute Gasteiger partial charge is 0.407 e. The van der Waals surface area contributed by atoms with E-state index >= 15 is 0 Å². The van der Waals surface area contributed by atoms with Gasteiger partial charge in [0.1, 0.15) is 18.0 Å². The van der Waals surface area contributed by atoms with Gasteiger partial charge in [0, 0.05) is 7.11 Å². The number of carbonyl (C=O) groups excluding carboxylic acids is 1. The van der Waals surface area contributed by atoms with Crippen molar-refractivity contribution in [2.75, 3.05) is 20.3 Å². The SMILES string of the molecule is COCc1cccc(OCCNC(=O)OC(C)(C)C)c1. The zero-order chi connectivity index (χ0) is 15.0. The molecule has 1 N–H and O–H groups in total. The molecule has 0 spiro atoms. The first-order valence-corrected chi connectivity index (χ1v) is 6.58. The number of alkyl carbamates (subject to hydrolysis) is 1. The van der Waals surface area contributed by atoms with Gasteiger partial charge in [0.2, 0.25) is 0 Å². The molecule has 1 amide bonds. The second-order valence-corrected chi connectivity index (χ2v) is 5.36. The highest BCUT2D eigenvalue weighted by atomic mass is 16.6. The Morgan fingerprint density at radius 1 is 1.30 bits per heavy atom. The fraction of sp³-hybridized carbons (Fsp3) is 0.533. The van der Waals surface area contributed by atoms with Crippen LogP contribution in [0.5, 0.6) is 5.75 Å². The van der Waals surface area contributed by atoms with E-state index in [9.17, 15) is 4.79 Å². The summed E-state index contributed by atoms with van der Waals surface area (Å²) in [5.41, 5.74) is 0.560. The van der Waals surface area contributed by atoms with E-state index in [1.54, 1.807) is 7.11 Å². The Hall–Kier alpha value is -1.75. The minimum atomic E-state index is -0.487. The van der Waals surface area contributed by atoms with Crippen LogP contribution >= 0.6 is 0 Å². The Morgan fingerprint density at radius 3 is 2.70 bits per heavy atom. The van der Waals surface area contributed by atoms with Gasteiger partial charge in [-0.3, -0.25) is 0 Å². The van der Waals surface area contributed by atoms with E-state index in [-0.39, 0.29) is 0 Å². The Balaban J connectivity index is 2.27. The summed E-state index contributed by atoms with van der Waals surface area (Å²) in [6.07, 6.45) is -0.436. The monoisotopic (exact) mass is 281 g/mol. The molecule has 0 bridgehead atoms. The molecule has 0 unspecified atom stereocenters. The van der Waals surface area contributed by atoms with Gasteiger partial charge in [-0.25, -0.2) is 4.79 Å². The van der Waals surface area contributed by atoms with Crippen molar-refractivity contribution < 1.29 is 19.0 Å². The van der Waals surface area contributed by atoms with Crippen LogP contribution in [0.2, 0.25) is 0 Å². The molecule has 0 heterocycles. The van der Waals surface area contributed by atoms with Crippen molar-refractivity contribution in [1.82, 2.24) is 5.32 Å². The molecule has 0 saturated heterocycles. The molecule has 0 radical (unpaired) electrons. The summed E-state index contributed by atoms with van der Waals surface area (Å²) in [7, 11) is 1.65. The van der Waals surface area contributed by atoms with Gasteiger partial charge in [-0.2, -0.15) is 0 Å². The van der Waals surface area contributed by atoms with E-state index in [1.807, 2.05) is 45.0 Å². The normalized spacial score (nSPS) is 11.0. The number of amides is 1. The molecule has 0 fully saturated rings. The molecule has 1 aromatic rings. The van der Waals surface area contributed by atoms with Crippen LogP contribution in [0.15, 0.2) is 24.3 Å². The van der Waals surface area contributed by atoms with Gasteiger partial charge in [-0.15, -0.1) is 0 Å². The fourth-order valence-corrected chi connectivity index (χ4v) is 1.53. The molecule has 0 aliphatic heterocycles.